The molecule has 0 atom stereocenters. The molecular formula is C21H34N4. The van der Waals surface area contributed by atoms with Gasteiger partial charge in [-0.2, -0.15) is 0 Å². The predicted octanol–water partition coefficient (Wildman–Crippen LogP) is 3.74. The summed E-state index contributed by atoms with van der Waals surface area (Å²) in [5.74, 6) is 0. The predicted molar refractivity (Wildman–Crippen MR) is 106 cm³/mol. The second-order valence-electron chi connectivity index (χ2n) is 9.08. The number of aromatic nitrogens is 1. The molecule has 2 aliphatic rings. The fourth-order valence-electron chi connectivity index (χ4n) is 3.89. The highest BCUT2D eigenvalue weighted by molar-refractivity contribution is 5.73. The van der Waals surface area contributed by atoms with Crippen LogP contribution in [0.2, 0.25) is 0 Å². The van der Waals surface area contributed by atoms with E-state index >= 15 is 0 Å². The lowest BCUT2D eigenvalue weighted by Crippen LogP contribution is -2.52. The number of piperazine rings is 1. The monoisotopic (exact) mass is 342 g/mol. The third kappa shape index (κ3) is 3.90. The first-order valence-corrected chi connectivity index (χ1v) is 9.59. The minimum Gasteiger partial charge on any atom is -0.397 e. The maximum Gasteiger partial charge on any atom is 0.0891 e. The third-order valence-electron chi connectivity index (χ3n) is 6.12. The standard InChI is InChI=1S/C21H34N4/c1-20(2)10-8-16(9-11-20)19-17(22)6-7-18(23-19)21(3,4)25-14-12-24(5)13-15-25/h6-8H,9-15,22H2,1-5H3. The van der Waals surface area contributed by atoms with Crippen molar-refractivity contribution in [1.29, 1.82) is 0 Å². The van der Waals surface area contributed by atoms with Crippen LogP contribution in [0.4, 0.5) is 5.69 Å². The molecule has 0 radical (unpaired) electrons. The Morgan fingerprint density at radius 2 is 1.80 bits per heavy atom. The molecule has 1 aliphatic carbocycles. The summed E-state index contributed by atoms with van der Waals surface area (Å²) in [5, 5.41) is 0. The van der Waals surface area contributed by atoms with Gasteiger partial charge in [0.2, 0.25) is 0 Å². The molecule has 3 rings (SSSR count). The van der Waals surface area contributed by atoms with Gasteiger partial charge in [-0.15, -0.1) is 0 Å². The summed E-state index contributed by atoms with van der Waals surface area (Å²) in [7, 11) is 2.20. The van der Waals surface area contributed by atoms with Crippen LogP contribution in [0.25, 0.3) is 5.57 Å². The van der Waals surface area contributed by atoms with Crippen LogP contribution in [0.5, 0.6) is 0 Å². The quantitative estimate of drug-likeness (QED) is 0.909. The number of nitrogens with zero attached hydrogens (tertiary/aromatic N) is 3. The second-order valence-corrected chi connectivity index (χ2v) is 9.08. The first-order chi connectivity index (χ1) is 11.7. The van der Waals surface area contributed by atoms with Gasteiger partial charge >= 0.3 is 0 Å². The first kappa shape index (κ1) is 18.4. The molecule has 0 unspecified atom stereocenters. The summed E-state index contributed by atoms with van der Waals surface area (Å²) >= 11 is 0. The number of pyridine rings is 1. The Bertz CT molecular complexity index is 652. The van der Waals surface area contributed by atoms with Crippen LogP contribution in [-0.2, 0) is 5.54 Å². The zero-order valence-electron chi connectivity index (χ0n) is 16.6. The van der Waals surface area contributed by atoms with E-state index in [0.717, 1.165) is 56.1 Å². The van der Waals surface area contributed by atoms with Gasteiger partial charge in [0.15, 0.2) is 0 Å². The van der Waals surface area contributed by atoms with Crippen molar-refractivity contribution in [2.45, 2.75) is 52.5 Å². The number of nitrogens with two attached hydrogens (primary N) is 1. The van der Waals surface area contributed by atoms with Gasteiger partial charge in [-0.3, -0.25) is 4.90 Å². The molecule has 1 fully saturated rings. The van der Waals surface area contributed by atoms with Gasteiger partial charge in [0.25, 0.3) is 0 Å². The summed E-state index contributed by atoms with van der Waals surface area (Å²) in [5.41, 5.74) is 10.9. The Morgan fingerprint density at radius 1 is 1.12 bits per heavy atom. The van der Waals surface area contributed by atoms with Crippen molar-refractivity contribution in [3.8, 4) is 0 Å². The largest absolute Gasteiger partial charge is 0.397 e. The number of rotatable bonds is 3. The van der Waals surface area contributed by atoms with Crippen LogP contribution in [0.1, 0.15) is 58.3 Å². The number of anilines is 1. The average molecular weight is 343 g/mol. The maximum absolute atomic E-state index is 6.30. The number of hydrogen-bond acceptors (Lipinski definition) is 4. The SMILES string of the molecule is CN1CCN(C(C)(C)c2ccc(N)c(C3=CCC(C)(C)CC3)n2)CC1. The van der Waals surface area contributed by atoms with Gasteiger partial charge in [-0.25, -0.2) is 4.98 Å². The molecule has 0 spiro atoms. The van der Waals surface area contributed by atoms with Crippen molar-refractivity contribution in [1.82, 2.24) is 14.8 Å². The molecule has 138 valence electrons. The number of allylic oxidation sites excluding steroid dienone is 2. The van der Waals surface area contributed by atoms with Gasteiger partial charge in [0.05, 0.1) is 22.6 Å². The van der Waals surface area contributed by atoms with Gasteiger partial charge in [0.1, 0.15) is 0 Å². The Morgan fingerprint density at radius 3 is 2.40 bits per heavy atom. The molecule has 1 aliphatic heterocycles. The summed E-state index contributed by atoms with van der Waals surface area (Å²) in [4.78, 5) is 10.0. The minimum absolute atomic E-state index is 0.0712. The summed E-state index contributed by atoms with van der Waals surface area (Å²) in [6.07, 6.45) is 5.74. The third-order valence-corrected chi connectivity index (χ3v) is 6.12. The van der Waals surface area contributed by atoms with E-state index in [1.807, 2.05) is 0 Å². The molecule has 0 amide bonds. The zero-order valence-corrected chi connectivity index (χ0v) is 16.6. The molecule has 1 saturated heterocycles. The van der Waals surface area contributed by atoms with Crippen molar-refractivity contribution in [3.05, 3.63) is 29.6 Å². The van der Waals surface area contributed by atoms with Crippen molar-refractivity contribution in [3.63, 3.8) is 0 Å². The zero-order chi connectivity index (χ0) is 18.2. The summed E-state index contributed by atoms with van der Waals surface area (Å²) in [6.45, 7) is 13.7. The van der Waals surface area contributed by atoms with E-state index in [2.05, 4.69) is 62.8 Å². The molecule has 25 heavy (non-hydrogen) atoms. The number of likely N-dealkylation sites (N-methyl/N-ethyl adjacent to an activating group) is 1. The van der Waals surface area contributed by atoms with E-state index in [1.54, 1.807) is 0 Å². The molecular weight excluding hydrogens is 308 g/mol. The molecule has 1 aromatic heterocycles. The molecule has 2 N–H and O–H groups in total. The lowest BCUT2D eigenvalue weighted by molar-refractivity contribution is 0.0580. The molecule has 2 heterocycles. The summed E-state index contributed by atoms with van der Waals surface area (Å²) < 4.78 is 0. The van der Waals surface area contributed by atoms with Gasteiger partial charge in [-0.1, -0.05) is 19.9 Å². The van der Waals surface area contributed by atoms with Crippen molar-refractivity contribution < 1.29 is 0 Å². The van der Waals surface area contributed by atoms with Crippen LogP contribution >= 0.6 is 0 Å². The highest BCUT2D eigenvalue weighted by atomic mass is 15.3. The normalized spacial score (nSPS) is 22.7. The fourth-order valence-corrected chi connectivity index (χ4v) is 3.89. The molecule has 0 saturated carbocycles. The molecule has 1 aromatic rings. The van der Waals surface area contributed by atoms with Crippen LogP contribution in [0.3, 0.4) is 0 Å². The minimum atomic E-state index is -0.0712. The van der Waals surface area contributed by atoms with Gasteiger partial charge in [-0.05, 0) is 63.3 Å². The number of hydrogen-bond donors (Lipinski definition) is 1. The van der Waals surface area contributed by atoms with Crippen molar-refractivity contribution >= 4 is 11.3 Å². The Balaban J connectivity index is 1.87. The average Bonchev–Trinajstić information content (AvgIpc) is 2.56. The van der Waals surface area contributed by atoms with E-state index < -0.39 is 0 Å². The number of nitrogen functional groups attached to an aromatic ring is 1. The highest BCUT2D eigenvalue weighted by Crippen LogP contribution is 2.39. The van der Waals surface area contributed by atoms with Crippen molar-refractivity contribution in [2.24, 2.45) is 5.41 Å². The Hall–Kier alpha value is -1.39. The van der Waals surface area contributed by atoms with E-state index in [0.29, 0.717) is 5.41 Å². The molecule has 4 nitrogen and oxygen atoms in total. The van der Waals surface area contributed by atoms with E-state index in [-0.39, 0.29) is 5.54 Å². The van der Waals surface area contributed by atoms with Crippen LogP contribution < -0.4 is 5.73 Å². The van der Waals surface area contributed by atoms with E-state index in [4.69, 9.17) is 10.7 Å². The maximum atomic E-state index is 6.30. The lowest BCUT2D eigenvalue weighted by atomic mass is 9.77. The smallest absolute Gasteiger partial charge is 0.0891 e. The lowest BCUT2D eigenvalue weighted by Gasteiger charge is -2.43. The molecule has 4 heteroatoms. The van der Waals surface area contributed by atoms with E-state index in [1.165, 1.54) is 12.0 Å². The highest BCUT2D eigenvalue weighted by Gasteiger charge is 2.33. The summed E-state index contributed by atoms with van der Waals surface area (Å²) in [6, 6.07) is 4.17. The fraction of sp³-hybridized carbons (Fsp3) is 0.667. The Labute approximate surface area is 153 Å². The Kier molecular flexibility index (Phi) is 4.95. The van der Waals surface area contributed by atoms with Crippen LogP contribution in [-0.4, -0.2) is 48.0 Å². The van der Waals surface area contributed by atoms with Gasteiger partial charge in [0, 0.05) is 26.2 Å². The van der Waals surface area contributed by atoms with Crippen LogP contribution in [0, 0.1) is 5.41 Å². The van der Waals surface area contributed by atoms with Crippen LogP contribution in [0.15, 0.2) is 18.2 Å². The molecule has 0 bridgehead atoms. The second kappa shape index (κ2) is 6.73. The molecule has 0 aromatic carbocycles. The first-order valence-electron chi connectivity index (χ1n) is 9.59. The van der Waals surface area contributed by atoms with E-state index in [9.17, 15) is 0 Å². The topological polar surface area (TPSA) is 45.4 Å². The van der Waals surface area contributed by atoms with Gasteiger partial charge < -0.3 is 10.6 Å². The van der Waals surface area contributed by atoms with Crippen molar-refractivity contribution in [2.75, 3.05) is 39.0 Å².